The molecule has 3 amide bonds. The zero-order chi connectivity index (χ0) is 19.5. The summed E-state index contributed by atoms with van der Waals surface area (Å²) in [7, 11) is 0. The molecule has 28 heavy (non-hydrogen) atoms. The monoisotopic (exact) mass is 404 g/mol. The molecule has 4 heterocycles. The third-order valence-corrected chi connectivity index (χ3v) is 7.49. The fourth-order valence-electron chi connectivity index (χ4n) is 4.64. The van der Waals surface area contributed by atoms with Crippen LogP contribution in [0.4, 0.5) is 4.79 Å². The summed E-state index contributed by atoms with van der Waals surface area (Å²) >= 11 is 1.86. The number of nitrogens with zero attached hydrogens (tertiary/aromatic N) is 3. The SMILES string of the molecule is C[C@H](CNC(=O)[C@@H]1CCCN(C(=O)N2CCCC2)C1)N1CCc2sccc2C1. The molecule has 1 aromatic rings. The number of thiophene rings is 1. The summed E-state index contributed by atoms with van der Waals surface area (Å²) in [5, 5.41) is 5.35. The predicted molar refractivity (Wildman–Crippen MR) is 111 cm³/mol. The Labute approximate surface area is 171 Å². The first kappa shape index (κ1) is 19.7. The molecule has 3 aliphatic heterocycles. The molecule has 0 spiro atoms. The maximum absolute atomic E-state index is 12.8. The minimum atomic E-state index is -0.0719. The molecule has 0 bridgehead atoms. The van der Waals surface area contributed by atoms with Gasteiger partial charge in [-0.1, -0.05) is 0 Å². The molecular formula is C21H32N4O2S. The first-order valence-electron chi connectivity index (χ1n) is 10.7. The van der Waals surface area contributed by atoms with E-state index in [-0.39, 0.29) is 17.9 Å². The third kappa shape index (κ3) is 4.35. The van der Waals surface area contributed by atoms with Crippen LogP contribution in [0.5, 0.6) is 0 Å². The highest BCUT2D eigenvalue weighted by Crippen LogP contribution is 2.25. The molecule has 6 nitrogen and oxygen atoms in total. The molecule has 3 aliphatic rings. The summed E-state index contributed by atoms with van der Waals surface area (Å²) in [6.07, 6.45) is 5.11. The van der Waals surface area contributed by atoms with Crippen molar-refractivity contribution in [3.63, 3.8) is 0 Å². The molecule has 1 aromatic heterocycles. The van der Waals surface area contributed by atoms with E-state index in [1.807, 2.05) is 21.1 Å². The largest absolute Gasteiger partial charge is 0.354 e. The normalized spacial score (nSPS) is 24.1. The maximum atomic E-state index is 12.8. The van der Waals surface area contributed by atoms with Gasteiger partial charge in [-0.25, -0.2) is 4.79 Å². The van der Waals surface area contributed by atoms with Gasteiger partial charge >= 0.3 is 6.03 Å². The average molecular weight is 405 g/mol. The Kier molecular flexibility index (Phi) is 6.21. The van der Waals surface area contributed by atoms with Crippen LogP contribution in [0, 0.1) is 5.92 Å². The number of hydrogen-bond donors (Lipinski definition) is 1. The van der Waals surface area contributed by atoms with Gasteiger partial charge in [0.1, 0.15) is 0 Å². The second-order valence-electron chi connectivity index (χ2n) is 8.45. The summed E-state index contributed by atoms with van der Waals surface area (Å²) in [5.74, 6) is 0.0383. The van der Waals surface area contributed by atoms with Crippen molar-refractivity contribution in [3.8, 4) is 0 Å². The number of amides is 3. The zero-order valence-corrected chi connectivity index (χ0v) is 17.7. The van der Waals surface area contributed by atoms with E-state index in [0.29, 0.717) is 19.1 Å². The van der Waals surface area contributed by atoms with Gasteiger partial charge in [0.25, 0.3) is 0 Å². The lowest BCUT2D eigenvalue weighted by Crippen LogP contribution is -2.51. The van der Waals surface area contributed by atoms with Crippen molar-refractivity contribution in [3.05, 3.63) is 21.9 Å². The van der Waals surface area contributed by atoms with E-state index in [0.717, 1.165) is 64.8 Å². The Morgan fingerprint density at radius 1 is 1.18 bits per heavy atom. The average Bonchev–Trinajstić information content (AvgIpc) is 3.42. The molecule has 1 N–H and O–H groups in total. The van der Waals surface area contributed by atoms with E-state index in [2.05, 4.69) is 28.6 Å². The van der Waals surface area contributed by atoms with Crippen molar-refractivity contribution in [2.45, 2.75) is 51.6 Å². The lowest BCUT2D eigenvalue weighted by molar-refractivity contribution is -0.126. The molecule has 0 unspecified atom stereocenters. The summed E-state index contributed by atoms with van der Waals surface area (Å²) in [6.45, 7) is 8.00. The van der Waals surface area contributed by atoms with Gasteiger partial charge in [-0.2, -0.15) is 0 Å². The Balaban J connectivity index is 1.24. The molecule has 2 fully saturated rings. The number of carbonyl (C=O) groups excluding carboxylic acids is 2. The number of carbonyl (C=O) groups is 2. The van der Waals surface area contributed by atoms with E-state index in [9.17, 15) is 9.59 Å². The topological polar surface area (TPSA) is 55.9 Å². The van der Waals surface area contributed by atoms with Crippen LogP contribution in [-0.4, -0.2) is 71.9 Å². The van der Waals surface area contributed by atoms with E-state index in [1.54, 1.807) is 0 Å². The fraction of sp³-hybridized carbons (Fsp3) is 0.714. The molecule has 7 heteroatoms. The Morgan fingerprint density at radius 2 is 1.96 bits per heavy atom. The van der Waals surface area contributed by atoms with Crippen molar-refractivity contribution in [2.75, 3.05) is 39.3 Å². The second-order valence-corrected chi connectivity index (χ2v) is 9.45. The molecular weight excluding hydrogens is 372 g/mol. The van der Waals surface area contributed by atoms with Gasteiger partial charge in [-0.3, -0.25) is 9.69 Å². The van der Waals surface area contributed by atoms with Crippen LogP contribution in [0.2, 0.25) is 0 Å². The zero-order valence-electron chi connectivity index (χ0n) is 16.9. The lowest BCUT2D eigenvalue weighted by atomic mass is 9.97. The van der Waals surface area contributed by atoms with Crippen LogP contribution in [0.3, 0.4) is 0 Å². The number of urea groups is 1. The van der Waals surface area contributed by atoms with Crippen LogP contribution in [0.25, 0.3) is 0 Å². The minimum absolute atomic E-state index is 0.0719. The van der Waals surface area contributed by atoms with Gasteiger partial charge in [0, 0.05) is 56.7 Å². The molecule has 0 radical (unpaired) electrons. The standard InChI is InChI=1S/C21H32N4O2S/c1-16(24-11-6-19-17(14-24)7-12-28-19)13-22-20(26)18-5-4-10-25(15-18)21(27)23-8-2-3-9-23/h7,12,16,18H,2-6,8-11,13-15H2,1H3,(H,22,26)/t16-,18-/m1/s1. The minimum Gasteiger partial charge on any atom is -0.354 e. The molecule has 4 rings (SSSR count). The van der Waals surface area contributed by atoms with Crippen LogP contribution in [-0.2, 0) is 17.8 Å². The van der Waals surface area contributed by atoms with Crippen molar-refractivity contribution >= 4 is 23.3 Å². The molecule has 0 aliphatic carbocycles. The Bertz CT molecular complexity index is 700. The number of hydrogen-bond acceptors (Lipinski definition) is 4. The fourth-order valence-corrected chi connectivity index (χ4v) is 5.53. The predicted octanol–water partition coefficient (Wildman–Crippen LogP) is 2.54. The van der Waals surface area contributed by atoms with Crippen LogP contribution in [0.1, 0.15) is 43.0 Å². The van der Waals surface area contributed by atoms with E-state index < -0.39 is 0 Å². The lowest BCUT2D eigenvalue weighted by Gasteiger charge is -2.35. The summed E-state index contributed by atoms with van der Waals surface area (Å²) < 4.78 is 0. The van der Waals surface area contributed by atoms with Crippen molar-refractivity contribution in [1.82, 2.24) is 20.0 Å². The number of piperidine rings is 1. The van der Waals surface area contributed by atoms with Gasteiger partial charge in [0.15, 0.2) is 0 Å². The smallest absolute Gasteiger partial charge is 0.320 e. The Hall–Kier alpha value is -1.60. The van der Waals surface area contributed by atoms with Gasteiger partial charge < -0.3 is 15.1 Å². The molecule has 2 atom stereocenters. The highest BCUT2D eigenvalue weighted by molar-refractivity contribution is 7.10. The van der Waals surface area contributed by atoms with E-state index >= 15 is 0 Å². The maximum Gasteiger partial charge on any atom is 0.320 e. The van der Waals surface area contributed by atoms with Gasteiger partial charge in [0.05, 0.1) is 5.92 Å². The second kappa shape index (κ2) is 8.82. The summed E-state index contributed by atoms with van der Waals surface area (Å²) in [6, 6.07) is 2.68. The van der Waals surface area contributed by atoms with Crippen molar-refractivity contribution in [2.24, 2.45) is 5.92 Å². The highest BCUT2D eigenvalue weighted by Gasteiger charge is 2.32. The summed E-state index contributed by atoms with van der Waals surface area (Å²) in [4.78, 5) is 33.2. The summed E-state index contributed by atoms with van der Waals surface area (Å²) in [5.41, 5.74) is 1.44. The quantitative estimate of drug-likeness (QED) is 0.839. The van der Waals surface area contributed by atoms with Crippen LogP contribution >= 0.6 is 11.3 Å². The van der Waals surface area contributed by atoms with Crippen LogP contribution in [0.15, 0.2) is 11.4 Å². The van der Waals surface area contributed by atoms with Crippen molar-refractivity contribution in [1.29, 1.82) is 0 Å². The number of nitrogens with one attached hydrogen (secondary N) is 1. The first-order valence-corrected chi connectivity index (χ1v) is 11.6. The number of rotatable bonds is 4. The molecule has 154 valence electrons. The van der Waals surface area contributed by atoms with E-state index in [1.165, 1.54) is 10.4 Å². The number of likely N-dealkylation sites (tertiary alicyclic amines) is 2. The molecule has 2 saturated heterocycles. The molecule has 0 saturated carbocycles. The number of fused-ring (bicyclic) bond motifs is 1. The van der Waals surface area contributed by atoms with E-state index in [4.69, 9.17) is 0 Å². The first-order chi connectivity index (χ1) is 13.6. The van der Waals surface area contributed by atoms with Crippen molar-refractivity contribution < 1.29 is 9.59 Å². The van der Waals surface area contributed by atoms with Crippen LogP contribution < -0.4 is 5.32 Å². The van der Waals surface area contributed by atoms with Gasteiger partial charge in [-0.15, -0.1) is 11.3 Å². The third-order valence-electron chi connectivity index (χ3n) is 6.47. The Morgan fingerprint density at radius 3 is 2.79 bits per heavy atom. The molecule has 0 aromatic carbocycles. The highest BCUT2D eigenvalue weighted by atomic mass is 32.1. The van der Waals surface area contributed by atoms with Gasteiger partial charge in [-0.05, 0) is 56.0 Å². The van der Waals surface area contributed by atoms with Gasteiger partial charge in [0.2, 0.25) is 5.91 Å².